The Bertz CT molecular complexity index is 592. The minimum Gasteiger partial charge on any atom is -0.393 e. The summed E-state index contributed by atoms with van der Waals surface area (Å²) >= 11 is 16.8. The molecule has 1 aromatic carbocycles. The highest BCUT2D eigenvalue weighted by Gasteiger charge is 2.10. The van der Waals surface area contributed by atoms with Crippen LogP contribution in [-0.2, 0) is 6.54 Å². The third-order valence-electron chi connectivity index (χ3n) is 2.56. The van der Waals surface area contributed by atoms with Gasteiger partial charge in [-0.15, -0.1) is 0 Å². The van der Waals surface area contributed by atoms with Crippen LogP contribution < -0.4 is 5.73 Å². The second-order valence-corrected chi connectivity index (χ2v) is 5.12. The largest absolute Gasteiger partial charge is 0.393 e. The number of nitrogens with zero attached hydrogens (tertiary/aromatic N) is 2. The lowest BCUT2D eigenvalue weighted by molar-refractivity contribution is 0.720. The van der Waals surface area contributed by atoms with Crippen molar-refractivity contribution in [3.05, 3.63) is 28.0 Å². The first-order valence-electron chi connectivity index (χ1n) is 5.09. The average Bonchev–Trinajstić information content (AvgIpc) is 2.52. The van der Waals surface area contributed by atoms with Crippen molar-refractivity contribution < 1.29 is 0 Å². The third kappa shape index (κ3) is 2.54. The number of hydrogen-bond donors (Lipinski definition) is 1. The van der Waals surface area contributed by atoms with Crippen LogP contribution in [0.5, 0.6) is 0 Å². The zero-order chi connectivity index (χ0) is 12.6. The Morgan fingerprint density at radius 2 is 2.06 bits per heavy atom. The van der Waals surface area contributed by atoms with Gasteiger partial charge in [0.2, 0.25) is 0 Å². The zero-order valence-electron chi connectivity index (χ0n) is 9.20. The number of halogens is 2. The van der Waals surface area contributed by atoms with Crippen molar-refractivity contribution in [3.63, 3.8) is 0 Å². The molecule has 2 aromatic rings. The van der Waals surface area contributed by atoms with Gasteiger partial charge in [-0.25, -0.2) is 4.98 Å². The maximum atomic E-state index is 6.01. The highest BCUT2D eigenvalue weighted by atomic mass is 35.5. The van der Waals surface area contributed by atoms with E-state index in [0.717, 1.165) is 16.9 Å². The number of hydrogen-bond acceptors (Lipinski definition) is 2. The Morgan fingerprint density at radius 1 is 1.41 bits per heavy atom. The van der Waals surface area contributed by atoms with Crippen LogP contribution in [0, 0.1) is 6.92 Å². The molecule has 6 heteroatoms. The number of benzene rings is 1. The molecule has 1 aromatic heterocycles. The molecule has 0 spiro atoms. The molecule has 0 radical (unpaired) electrons. The summed E-state index contributed by atoms with van der Waals surface area (Å²) in [5.74, 6) is 0.898. The molecule has 0 aliphatic carbocycles. The molecule has 0 aliphatic heterocycles. The monoisotopic (exact) mass is 287 g/mol. The summed E-state index contributed by atoms with van der Waals surface area (Å²) in [4.78, 5) is 4.92. The third-order valence-corrected chi connectivity index (χ3v) is 3.49. The number of aryl methyl sites for hydroxylation is 2. The van der Waals surface area contributed by atoms with E-state index in [1.807, 2.05) is 17.6 Å². The first-order valence-corrected chi connectivity index (χ1v) is 6.25. The Labute approximate surface area is 115 Å². The standard InChI is InChI=1S/C11H11Cl2N3S/c1-6-15-9-4-7(12)8(13)5-10(9)16(6)3-2-11(14)17/h4-5H,2-3H2,1H3,(H2,14,17). The molecule has 3 nitrogen and oxygen atoms in total. The summed E-state index contributed by atoms with van der Waals surface area (Å²) in [5.41, 5.74) is 7.29. The van der Waals surface area contributed by atoms with Crippen LogP contribution in [0.2, 0.25) is 10.0 Å². The topological polar surface area (TPSA) is 43.8 Å². The van der Waals surface area contributed by atoms with Crippen molar-refractivity contribution in [2.45, 2.75) is 19.9 Å². The SMILES string of the molecule is Cc1nc2cc(Cl)c(Cl)cc2n1CCC(N)=S. The molecule has 2 N–H and O–H groups in total. The molecule has 17 heavy (non-hydrogen) atoms. The molecule has 0 unspecified atom stereocenters. The minimum absolute atomic E-state index is 0.492. The van der Waals surface area contributed by atoms with Crippen molar-refractivity contribution in [2.24, 2.45) is 5.73 Å². The lowest BCUT2D eigenvalue weighted by Crippen LogP contribution is -2.12. The molecule has 90 valence electrons. The highest BCUT2D eigenvalue weighted by molar-refractivity contribution is 7.80. The summed E-state index contributed by atoms with van der Waals surface area (Å²) in [7, 11) is 0. The van der Waals surface area contributed by atoms with Gasteiger partial charge in [-0.3, -0.25) is 0 Å². The van der Waals surface area contributed by atoms with E-state index in [0.29, 0.717) is 28.0 Å². The van der Waals surface area contributed by atoms with Gasteiger partial charge in [-0.2, -0.15) is 0 Å². The number of rotatable bonds is 3. The highest BCUT2D eigenvalue weighted by Crippen LogP contribution is 2.28. The molecule has 0 saturated carbocycles. The second kappa shape index (κ2) is 4.80. The summed E-state index contributed by atoms with van der Waals surface area (Å²) < 4.78 is 2.04. The number of imidazole rings is 1. The lowest BCUT2D eigenvalue weighted by Gasteiger charge is -2.06. The molecule has 2 rings (SSSR count). The van der Waals surface area contributed by atoms with E-state index in [9.17, 15) is 0 Å². The van der Waals surface area contributed by atoms with Crippen LogP contribution in [0.15, 0.2) is 12.1 Å². The fourth-order valence-corrected chi connectivity index (χ4v) is 2.15. The second-order valence-electron chi connectivity index (χ2n) is 3.78. The number of thiocarbonyl (C=S) groups is 1. The van der Waals surface area contributed by atoms with Gasteiger partial charge in [-0.05, 0) is 19.1 Å². The quantitative estimate of drug-likeness (QED) is 0.881. The number of aromatic nitrogens is 2. The van der Waals surface area contributed by atoms with Gasteiger partial charge in [0.1, 0.15) is 5.82 Å². The van der Waals surface area contributed by atoms with Gasteiger partial charge in [0, 0.05) is 13.0 Å². The molecule has 0 bridgehead atoms. The van der Waals surface area contributed by atoms with E-state index < -0.39 is 0 Å². The predicted molar refractivity (Wildman–Crippen MR) is 75.9 cm³/mol. The zero-order valence-corrected chi connectivity index (χ0v) is 11.5. The molecule has 0 aliphatic rings. The molecule has 0 fully saturated rings. The predicted octanol–water partition coefficient (Wildman–Crippen LogP) is 3.33. The van der Waals surface area contributed by atoms with Crippen LogP contribution >= 0.6 is 35.4 Å². The summed E-state index contributed by atoms with van der Waals surface area (Å²) in [6.45, 7) is 2.64. The van der Waals surface area contributed by atoms with Gasteiger partial charge in [0.15, 0.2) is 0 Å². The molecular formula is C11H11Cl2N3S. The van der Waals surface area contributed by atoms with Gasteiger partial charge in [0.25, 0.3) is 0 Å². The first-order chi connectivity index (χ1) is 7.99. The minimum atomic E-state index is 0.492. The van der Waals surface area contributed by atoms with E-state index in [1.165, 1.54) is 0 Å². The Kier molecular flexibility index (Phi) is 3.56. The fraction of sp³-hybridized carbons (Fsp3) is 0.273. The Hall–Kier alpha value is -0.840. The maximum Gasteiger partial charge on any atom is 0.106 e. The van der Waals surface area contributed by atoms with E-state index >= 15 is 0 Å². The first kappa shape index (κ1) is 12.6. The normalized spacial score (nSPS) is 11.0. The van der Waals surface area contributed by atoms with E-state index in [-0.39, 0.29) is 0 Å². The van der Waals surface area contributed by atoms with Crippen molar-refractivity contribution in [2.75, 3.05) is 0 Å². The molecule has 1 heterocycles. The average molecular weight is 288 g/mol. The number of fused-ring (bicyclic) bond motifs is 1. The van der Waals surface area contributed by atoms with Crippen LogP contribution in [-0.4, -0.2) is 14.5 Å². The van der Waals surface area contributed by atoms with Crippen molar-refractivity contribution in [3.8, 4) is 0 Å². The van der Waals surface area contributed by atoms with Gasteiger partial charge in [-0.1, -0.05) is 35.4 Å². The lowest BCUT2D eigenvalue weighted by atomic mass is 10.3. The van der Waals surface area contributed by atoms with E-state index in [1.54, 1.807) is 6.07 Å². The van der Waals surface area contributed by atoms with Crippen molar-refractivity contribution in [1.82, 2.24) is 9.55 Å². The molecular weight excluding hydrogens is 277 g/mol. The van der Waals surface area contributed by atoms with Gasteiger partial charge >= 0.3 is 0 Å². The Balaban J connectivity index is 2.50. The fourth-order valence-electron chi connectivity index (χ4n) is 1.74. The van der Waals surface area contributed by atoms with Crippen molar-refractivity contribution >= 4 is 51.4 Å². The molecule has 0 saturated heterocycles. The maximum absolute atomic E-state index is 6.01. The van der Waals surface area contributed by atoms with E-state index in [4.69, 9.17) is 41.2 Å². The van der Waals surface area contributed by atoms with Crippen LogP contribution in [0.1, 0.15) is 12.2 Å². The number of nitrogens with two attached hydrogens (primary N) is 1. The van der Waals surface area contributed by atoms with Crippen LogP contribution in [0.4, 0.5) is 0 Å². The molecule has 0 amide bonds. The van der Waals surface area contributed by atoms with Gasteiger partial charge in [0.05, 0.1) is 26.1 Å². The smallest absolute Gasteiger partial charge is 0.106 e. The summed E-state index contributed by atoms with van der Waals surface area (Å²) in [6, 6.07) is 3.59. The summed E-state index contributed by atoms with van der Waals surface area (Å²) in [6.07, 6.45) is 0.641. The molecule has 0 atom stereocenters. The van der Waals surface area contributed by atoms with Crippen LogP contribution in [0.25, 0.3) is 11.0 Å². The van der Waals surface area contributed by atoms with Crippen LogP contribution in [0.3, 0.4) is 0 Å². The van der Waals surface area contributed by atoms with Crippen molar-refractivity contribution in [1.29, 1.82) is 0 Å². The van der Waals surface area contributed by atoms with Gasteiger partial charge < -0.3 is 10.3 Å². The van der Waals surface area contributed by atoms with E-state index in [2.05, 4.69) is 4.98 Å². The summed E-state index contributed by atoms with van der Waals surface area (Å²) in [5, 5.41) is 1.04. The Morgan fingerprint density at radius 3 is 2.71 bits per heavy atom.